The highest BCUT2D eigenvalue weighted by Gasteiger charge is 2.18. The molecular formula is C17H19NO5. The van der Waals surface area contributed by atoms with Crippen LogP contribution in [0.15, 0.2) is 30.3 Å². The quantitative estimate of drug-likeness (QED) is 0.886. The van der Waals surface area contributed by atoms with Crippen molar-refractivity contribution >= 4 is 11.6 Å². The lowest BCUT2D eigenvalue weighted by Crippen LogP contribution is -2.13. The van der Waals surface area contributed by atoms with E-state index in [0.29, 0.717) is 28.5 Å². The number of nitrogens with one attached hydrogen (secondary N) is 1. The Morgan fingerprint density at radius 3 is 2.13 bits per heavy atom. The first-order valence-electron chi connectivity index (χ1n) is 6.91. The van der Waals surface area contributed by atoms with Gasteiger partial charge in [-0.15, -0.1) is 0 Å². The zero-order valence-electron chi connectivity index (χ0n) is 13.5. The Balaban J connectivity index is 2.35. The average molecular weight is 317 g/mol. The Labute approximate surface area is 134 Å². The number of carbonyl (C=O) groups is 1. The molecule has 0 bridgehead atoms. The monoisotopic (exact) mass is 317 g/mol. The minimum Gasteiger partial charge on any atom is -0.508 e. The van der Waals surface area contributed by atoms with Crippen molar-refractivity contribution < 1.29 is 24.1 Å². The number of phenolic OH excluding ortho intramolecular Hbond substituents is 1. The van der Waals surface area contributed by atoms with Crippen LogP contribution < -0.4 is 19.5 Å². The molecule has 0 saturated carbocycles. The van der Waals surface area contributed by atoms with E-state index in [1.54, 1.807) is 31.2 Å². The Morgan fingerprint density at radius 1 is 0.957 bits per heavy atom. The highest BCUT2D eigenvalue weighted by molar-refractivity contribution is 6.06. The van der Waals surface area contributed by atoms with Crippen LogP contribution in [-0.2, 0) is 0 Å². The highest BCUT2D eigenvalue weighted by atomic mass is 16.5. The number of amides is 1. The van der Waals surface area contributed by atoms with Gasteiger partial charge < -0.3 is 24.6 Å². The van der Waals surface area contributed by atoms with Crippen LogP contribution in [0, 0.1) is 6.92 Å². The first kappa shape index (κ1) is 16.5. The number of methoxy groups -OCH3 is 3. The minimum atomic E-state index is -0.383. The number of ether oxygens (including phenoxy) is 3. The maximum Gasteiger partial charge on any atom is 0.259 e. The fourth-order valence-electron chi connectivity index (χ4n) is 2.09. The molecule has 0 aliphatic carbocycles. The average Bonchev–Trinajstić information content (AvgIpc) is 2.56. The second-order valence-electron chi connectivity index (χ2n) is 4.86. The molecule has 0 radical (unpaired) electrons. The normalized spacial score (nSPS) is 10.1. The highest BCUT2D eigenvalue weighted by Crippen LogP contribution is 2.35. The number of aromatic hydroxyl groups is 1. The van der Waals surface area contributed by atoms with Crippen LogP contribution in [0.1, 0.15) is 15.9 Å². The van der Waals surface area contributed by atoms with Crippen molar-refractivity contribution in [2.45, 2.75) is 6.92 Å². The van der Waals surface area contributed by atoms with Crippen LogP contribution >= 0.6 is 0 Å². The molecule has 2 rings (SSSR count). The molecule has 0 atom stereocenters. The van der Waals surface area contributed by atoms with Gasteiger partial charge in [0.05, 0.1) is 26.9 Å². The number of carbonyl (C=O) groups excluding carboxylic acids is 1. The molecule has 0 saturated heterocycles. The number of aryl methyl sites for hydroxylation is 1. The molecule has 2 N–H and O–H groups in total. The van der Waals surface area contributed by atoms with E-state index in [0.717, 1.165) is 5.56 Å². The molecule has 0 fully saturated rings. The van der Waals surface area contributed by atoms with Gasteiger partial charge in [-0.25, -0.2) is 0 Å². The number of hydrogen-bond donors (Lipinski definition) is 2. The van der Waals surface area contributed by atoms with Gasteiger partial charge in [0.2, 0.25) is 0 Å². The summed E-state index contributed by atoms with van der Waals surface area (Å²) in [6, 6.07) is 8.04. The summed E-state index contributed by atoms with van der Waals surface area (Å²) in [5.41, 5.74) is 1.51. The molecule has 0 unspecified atom stereocenters. The van der Waals surface area contributed by atoms with Gasteiger partial charge in [-0.2, -0.15) is 0 Å². The van der Waals surface area contributed by atoms with Crippen molar-refractivity contribution in [2.75, 3.05) is 26.6 Å². The van der Waals surface area contributed by atoms with Crippen molar-refractivity contribution in [3.8, 4) is 23.0 Å². The van der Waals surface area contributed by atoms with E-state index in [1.165, 1.54) is 27.4 Å². The number of benzene rings is 2. The van der Waals surface area contributed by atoms with Gasteiger partial charge in [0, 0.05) is 23.9 Å². The third-order valence-corrected chi connectivity index (χ3v) is 3.42. The molecule has 6 nitrogen and oxygen atoms in total. The summed E-state index contributed by atoms with van der Waals surface area (Å²) >= 11 is 0. The van der Waals surface area contributed by atoms with E-state index in [1.807, 2.05) is 0 Å². The molecular weight excluding hydrogens is 298 g/mol. The summed E-state index contributed by atoms with van der Waals surface area (Å²) in [7, 11) is 4.46. The zero-order chi connectivity index (χ0) is 17.0. The Morgan fingerprint density at radius 2 is 1.57 bits per heavy atom. The first-order valence-corrected chi connectivity index (χ1v) is 6.91. The van der Waals surface area contributed by atoms with Crippen molar-refractivity contribution in [1.29, 1.82) is 0 Å². The summed E-state index contributed by atoms with van der Waals surface area (Å²) in [4.78, 5) is 12.5. The lowest BCUT2D eigenvalue weighted by atomic mass is 10.1. The predicted molar refractivity (Wildman–Crippen MR) is 86.9 cm³/mol. The van der Waals surface area contributed by atoms with Crippen LogP contribution in [0.25, 0.3) is 0 Å². The fourth-order valence-corrected chi connectivity index (χ4v) is 2.09. The van der Waals surface area contributed by atoms with Crippen molar-refractivity contribution in [2.24, 2.45) is 0 Å². The van der Waals surface area contributed by atoms with E-state index in [2.05, 4.69) is 5.32 Å². The van der Waals surface area contributed by atoms with Crippen LogP contribution in [0.2, 0.25) is 0 Å². The predicted octanol–water partition coefficient (Wildman–Crippen LogP) is 2.98. The lowest BCUT2D eigenvalue weighted by Gasteiger charge is -2.14. The van der Waals surface area contributed by atoms with Gasteiger partial charge in [0.1, 0.15) is 11.5 Å². The van der Waals surface area contributed by atoms with Crippen LogP contribution in [0.4, 0.5) is 5.69 Å². The molecule has 1 amide bonds. The van der Waals surface area contributed by atoms with Crippen molar-refractivity contribution in [1.82, 2.24) is 0 Å². The first-order chi connectivity index (χ1) is 11.0. The molecule has 2 aromatic carbocycles. The summed E-state index contributed by atoms with van der Waals surface area (Å²) in [5.74, 6) is 0.976. The van der Waals surface area contributed by atoms with E-state index in [4.69, 9.17) is 14.2 Å². The molecule has 0 aromatic heterocycles. The van der Waals surface area contributed by atoms with E-state index < -0.39 is 0 Å². The molecule has 0 aliphatic rings. The Hall–Kier alpha value is -2.89. The standard InChI is InChI=1S/C17H19NO5/c1-10-5-6-11(7-13(10)19)18-17(20)12-8-15(22-3)16(23-4)9-14(12)21-2/h5-9,19H,1-4H3,(H,18,20). The van der Waals surface area contributed by atoms with Crippen LogP contribution in [0.3, 0.4) is 0 Å². The molecule has 0 spiro atoms. The maximum absolute atomic E-state index is 12.5. The summed E-state index contributed by atoms with van der Waals surface area (Å²) in [6.45, 7) is 1.78. The number of hydrogen-bond acceptors (Lipinski definition) is 5. The number of phenols is 1. The minimum absolute atomic E-state index is 0.113. The van der Waals surface area contributed by atoms with Gasteiger partial charge in [-0.1, -0.05) is 6.07 Å². The smallest absolute Gasteiger partial charge is 0.259 e. The Bertz CT molecular complexity index is 727. The van der Waals surface area contributed by atoms with E-state index in [9.17, 15) is 9.90 Å². The molecule has 122 valence electrons. The second kappa shape index (κ2) is 6.91. The lowest BCUT2D eigenvalue weighted by molar-refractivity contribution is 0.102. The van der Waals surface area contributed by atoms with Crippen LogP contribution in [0.5, 0.6) is 23.0 Å². The second-order valence-corrected chi connectivity index (χ2v) is 4.86. The third kappa shape index (κ3) is 3.48. The number of anilines is 1. The summed E-state index contributed by atoms with van der Waals surface area (Å²) < 4.78 is 15.6. The van der Waals surface area contributed by atoms with Crippen molar-refractivity contribution in [3.05, 3.63) is 41.5 Å². The largest absolute Gasteiger partial charge is 0.508 e. The van der Waals surface area contributed by atoms with Gasteiger partial charge in [0.15, 0.2) is 11.5 Å². The van der Waals surface area contributed by atoms with Gasteiger partial charge in [-0.3, -0.25) is 4.79 Å². The van der Waals surface area contributed by atoms with Crippen molar-refractivity contribution in [3.63, 3.8) is 0 Å². The van der Waals surface area contributed by atoms with Gasteiger partial charge >= 0.3 is 0 Å². The topological polar surface area (TPSA) is 77.0 Å². The van der Waals surface area contributed by atoms with E-state index in [-0.39, 0.29) is 11.7 Å². The number of rotatable bonds is 5. The summed E-state index contributed by atoms with van der Waals surface area (Å²) in [6.07, 6.45) is 0. The SMILES string of the molecule is COc1cc(OC)c(C(=O)Nc2ccc(C)c(O)c2)cc1OC. The molecule has 23 heavy (non-hydrogen) atoms. The fraction of sp³-hybridized carbons (Fsp3) is 0.235. The zero-order valence-corrected chi connectivity index (χ0v) is 13.5. The molecule has 0 heterocycles. The molecule has 2 aromatic rings. The summed E-state index contributed by atoms with van der Waals surface area (Å²) in [5, 5.41) is 12.4. The molecule has 0 aliphatic heterocycles. The maximum atomic E-state index is 12.5. The Kier molecular flexibility index (Phi) is 4.95. The van der Waals surface area contributed by atoms with Gasteiger partial charge in [0.25, 0.3) is 5.91 Å². The third-order valence-electron chi connectivity index (χ3n) is 3.42. The van der Waals surface area contributed by atoms with Gasteiger partial charge in [-0.05, 0) is 18.6 Å². The van der Waals surface area contributed by atoms with E-state index >= 15 is 0 Å². The van der Waals surface area contributed by atoms with Crippen LogP contribution in [-0.4, -0.2) is 32.3 Å². The molecule has 6 heteroatoms.